The lowest BCUT2D eigenvalue weighted by Gasteiger charge is -2.08. The molecule has 2 aromatic heterocycles. The molecule has 5 aromatic rings. The molecule has 2 N–H and O–H groups in total. The van der Waals surface area contributed by atoms with Crippen molar-refractivity contribution in [1.29, 1.82) is 0 Å². The zero-order valence-electron chi connectivity index (χ0n) is 15.4. The van der Waals surface area contributed by atoms with Crippen molar-refractivity contribution >= 4 is 50.7 Å². The largest absolute Gasteiger partial charge is 0.366 e. The quantitative estimate of drug-likeness (QED) is 0.377. The van der Waals surface area contributed by atoms with E-state index in [2.05, 4.69) is 33.5 Å². The normalized spacial score (nSPS) is 11.3. The van der Waals surface area contributed by atoms with E-state index in [-0.39, 0.29) is 0 Å². The van der Waals surface area contributed by atoms with Gasteiger partial charge in [0.05, 0.1) is 11.0 Å². The Morgan fingerprint density at radius 1 is 1.07 bits per heavy atom. The Bertz CT molecular complexity index is 1350. The fourth-order valence-electron chi connectivity index (χ4n) is 3.81. The molecule has 0 spiro atoms. The number of thiophene rings is 1. The summed E-state index contributed by atoms with van der Waals surface area (Å²) in [6.07, 6.45) is 0. The zero-order valence-corrected chi connectivity index (χ0v) is 16.9. The van der Waals surface area contributed by atoms with Crippen molar-refractivity contribution in [3.8, 4) is 11.1 Å². The summed E-state index contributed by atoms with van der Waals surface area (Å²) in [6.45, 7) is 0.712. The van der Waals surface area contributed by atoms with Crippen LogP contribution in [0.2, 0.25) is 5.02 Å². The summed E-state index contributed by atoms with van der Waals surface area (Å²) in [5, 5.41) is 6.68. The lowest BCUT2D eigenvalue weighted by atomic mass is 10.0. The van der Waals surface area contributed by atoms with E-state index in [0.29, 0.717) is 17.1 Å². The first-order valence-electron chi connectivity index (χ1n) is 9.15. The van der Waals surface area contributed by atoms with E-state index >= 15 is 0 Å². The van der Waals surface area contributed by atoms with Crippen LogP contribution in [0.5, 0.6) is 0 Å². The van der Waals surface area contributed by atoms with Gasteiger partial charge in [-0.15, -0.1) is 0 Å². The number of amides is 1. The molecule has 5 heteroatoms. The first-order chi connectivity index (χ1) is 14.1. The number of carbonyl (C=O) groups excluding carboxylic acids is 1. The summed E-state index contributed by atoms with van der Waals surface area (Å²) in [5.74, 6) is -0.430. The van der Waals surface area contributed by atoms with Crippen LogP contribution in [0.25, 0.3) is 32.9 Å². The van der Waals surface area contributed by atoms with Crippen LogP contribution in [0.3, 0.4) is 0 Å². The molecule has 0 unspecified atom stereocenters. The highest BCUT2D eigenvalue weighted by atomic mass is 35.5. The molecule has 3 aromatic carbocycles. The Kier molecular flexibility index (Phi) is 4.38. The second kappa shape index (κ2) is 7.07. The van der Waals surface area contributed by atoms with Crippen molar-refractivity contribution in [2.45, 2.75) is 6.54 Å². The number of primary amides is 1. The molecular weight excluding hydrogens is 400 g/mol. The molecule has 0 saturated carbocycles. The van der Waals surface area contributed by atoms with Crippen LogP contribution in [0, 0.1) is 6.07 Å². The SMILES string of the molecule is NC(=O)c1cccc2c1c1[c]cc(-c3ccc(Cl)cc3)cc1n2Cc1ccsc1. The number of nitrogens with two attached hydrogens (primary N) is 1. The fraction of sp³-hybridized carbons (Fsp3) is 0.0417. The van der Waals surface area contributed by atoms with Gasteiger partial charge in [0.15, 0.2) is 0 Å². The number of benzene rings is 3. The van der Waals surface area contributed by atoms with Crippen LogP contribution in [0.15, 0.2) is 71.4 Å². The van der Waals surface area contributed by atoms with Gasteiger partial charge in [0.2, 0.25) is 5.91 Å². The second-order valence-corrected chi connectivity index (χ2v) is 8.15. The van der Waals surface area contributed by atoms with Crippen molar-refractivity contribution in [1.82, 2.24) is 4.57 Å². The van der Waals surface area contributed by atoms with E-state index in [0.717, 1.165) is 32.9 Å². The van der Waals surface area contributed by atoms with E-state index in [1.807, 2.05) is 42.5 Å². The molecule has 3 nitrogen and oxygen atoms in total. The first kappa shape index (κ1) is 18.0. The average molecular weight is 416 g/mol. The summed E-state index contributed by atoms with van der Waals surface area (Å²) in [6, 6.07) is 23.1. The third kappa shape index (κ3) is 3.11. The Balaban J connectivity index is 1.81. The van der Waals surface area contributed by atoms with Crippen molar-refractivity contribution in [3.63, 3.8) is 0 Å². The number of rotatable bonds is 4. The van der Waals surface area contributed by atoms with E-state index < -0.39 is 5.91 Å². The Labute approximate surface area is 177 Å². The van der Waals surface area contributed by atoms with Gasteiger partial charge in [0, 0.05) is 27.9 Å². The summed E-state index contributed by atoms with van der Waals surface area (Å²) in [5.41, 5.74) is 11.5. The van der Waals surface area contributed by atoms with Gasteiger partial charge in [-0.3, -0.25) is 4.79 Å². The predicted molar refractivity (Wildman–Crippen MR) is 121 cm³/mol. The van der Waals surface area contributed by atoms with Crippen LogP contribution in [0.4, 0.5) is 0 Å². The summed E-state index contributed by atoms with van der Waals surface area (Å²) >= 11 is 7.72. The molecule has 2 heterocycles. The van der Waals surface area contributed by atoms with Crippen LogP contribution in [-0.2, 0) is 6.54 Å². The Morgan fingerprint density at radius 2 is 1.90 bits per heavy atom. The predicted octanol–water partition coefficient (Wildman–Crippen LogP) is 6.12. The van der Waals surface area contributed by atoms with Gasteiger partial charge in [-0.2, -0.15) is 11.3 Å². The maximum Gasteiger partial charge on any atom is 0.249 e. The third-order valence-electron chi connectivity index (χ3n) is 5.16. The minimum absolute atomic E-state index is 0.430. The smallest absolute Gasteiger partial charge is 0.249 e. The molecule has 0 aliphatic carbocycles. The van der Waals surface area contributed by atoms with Gasteiger partial charge in [0.1, 0.15) is 0 Å². The number of aromatic nitrogens is 1. The molecule has 0 aliphatic rings. The van der Waals surface area contributed by atoms with Crippen molar-refractivity contribution in [2.24, 2.45) is 5.73 Å². The van der Waals surface area contributed by atoms with Crippen molar-refractivity contribution < 1.29 is 4.79 Å². The van der Waals surface area contributed by atoms with Crippen LogP contribution in [0.1, 0.15) is 15.9 Å². The highest BCUT2D eigenvalue weighted by Crippen LogP contribution is 2.35. The molecule has 0 atom stereocenters. The van der Waals surface area contributed by atoms with Crippen LogP contribution in [-0.4, -0.2) is 10.5 Å². The van der Waals surface area contributed by atoms with E-state index in [4.69, 9.17) is 17.3 Å². The minimum Gasteiger partial charge on any atom is -0.366 e. The number of halogens is 1. The molecule has 5 rings (SSSR count). The number of hydrogen-bond acceptors (Lipinski definition) is 2. The van der Waals surface area contributed by atoms with Crippen LogP contribution >= 0.6 is 22.9 Å². The molecule has 29 heavy (non-hydrogen) atoms. The van der Waals surface area contributed by atoms with Gasteiger partial charge < -0.3 is 10.3 Å². The topological polar surface area (TPSA) is 48.0 Å². The van der Waals surface area contributed by atoms with Crippen molar-refractivity contribution in [2.75, 3.05) is 0 Å². The maximum atomic E-state index is 12.1. The van der Waals surface area contributed by atoms with Gasteiger partial charge in [-0.1, -0.05) is 29.8 Å². The van der Waals surface area contributed by atoms with E-state index in [1.165, 1.54) is 5.56 Å². The van der Waals surface area contributed by atoms with Gasteiger partial charge in [-0.05, 0) is 76.0 Å². The molecule has 0 bridgehead atoms. The summed E-state index contributed by atoms with van der Waals surface area (Å²) in [4.78, 5) is 12.1. The lowest BCUT2D eigenvalue weighted by Crippen LogP contribution is -2.11. The number of hydrogen-bond donors (Lipinski definition) is 1. The first-order valence-corrected chi connectivity index (χ1v) is 10.5. The maximum absolute atomic E-state index is 12.1. The average Bonchev–Trinajstić information content (AvgIpc) is 3.35. The number of carbonyl (C=O) groups is 1. The standard InChI is InChI=1S/C24H16ClN2OS/c25-18-7-4-16(5-8-18)17-6-9-19-22(12-17)27(13-15-10-11-29-14-15)21-3-1-2-20(23(19)21)24(26)28/h1-8,10-12,14H,13H2,(H2,26,28). The van der Waals surface area contributed by atoms with E-state index in [1.54, 1.807) is 17.4 Å². The molecule has 1 radical (unpaired) electrons. The van der Waals surface area contributed by atoms with Crippen LogP contribution < -0.4 is 5.73 Å². The molecule has 1 amide bonds. The third-order valence-corrected chi connectivity index (χ3v) is 6.14. The highest BCUT2D eigenvalue weighted by Gasteiger charge is 2.17. The molecular formula is C24H16ClN2OS. The minimum atomic E-state index is -0.430. The number of fused-ring (bicyclic) bond motifs is 3. The summed E-state index contributed by atoms with van der Waals surface area (Å²) in [7, 11) is 0. The molecule has 0 aliphatic heterocycles. The lowest BCUT2D eigenvalue weighted by molar-refractivity contribution is 0.100. The zero-order chi connectivity index (χ0) is 20.0. The molecule has 0 fully saturated rings. The monoisotopic (exact) mass is 415 g/mol. The molecule has 141 valence electrons. The van der Waals surface area contributed by atoms with Crippen molar-refractivity contribution in [3.05, 3.63) is 93.6 Å². The molecule has 0 saturated heterocycles. The highest BCUT2D eigenvalue weighted by molar-refractivity contribution is 7.07. The Hall–Kier alpha value is -3.08. The number of nitrogens with zero attached hydrogens (tertiary/aromatic N) is 1. The van der Waals surface area contributed by atoms with Gasteiger partial charge in [-0.25, -0.2) is 0 Å². The fourth-order valence-corrected chi connectivity index (χ4v) is 4.59. The summed E-state index contributed by atoms with van der Waals surface area (Å²) < 4.78 is 2.23. The second-order valence-electron chi connectivity index (χ2n) is 6.94. The van der Waals surface area contributed by atoms with Gasteiger partial charge >= 0.3 is 0 Å². The van der Waals surface area contributed by atoms with E-state index in [9.17, 15) is 4.79 Å². The Morgan fingerprint density at radius 3 is 2.62 bits per heavy atom. The van der Waals surface area contributed by atoms with Gasteiger partial charge in [0.25, 0.3) is 0 Å².